The number of nitrogens with zero attached hydrogens (tertiary/aromatic N) is 2. The molecule has 1 fully saturated rings. The van der Waals surface area contributed by atoms with Gasteiger partial charge in [0.1, 0.15) is 0 Å². The van der Waals surface area contributed by atoms with E-state index in [4.69, 9.17) is 0 Å². The Hall–Kier alpha value is -3.19. The maximum absolute atomic E-state index is 13.5. The van der Waals surface area contributed by atoms with Gasteiger partial charge in [-0.25, -0.2) is 4.79 Å². The summed E-state index contributed by atoms with van der Waals surface area (Å²) < 4.78 is 0. The van der Waals surface area contributed by atoms with Gasteiger partial charge in [-0.15, -0.1) is 0 Å². The number of piperidine rings is 1. The molecule has 6 heteroatoms. The summed E-state index contributed by atoms with van der Waals surface area (Å²) in [5, 5.41) is 22.8. The zero-order chi connectivity index (χ0) is 28.4. The average Bonchev–Trinajstić information content (AvgIpc) is 3.00. The average molecular weight is 544 g/mol. The molecule has 3 aromatic rings. The highest BCUT2D eigenvalue weighted by atomic mass is 16.3. The number of aliphatic hydroxyl groups is 2. The lowest BCUT2D eigenvalue weighted by Crippen LogP contribution is -2.57. The van der Waals surface area contributed by atoms with Crippen molar-refractivity contribution in [2.24, 2.45) is 5.92 Å². The van der Waals surface area contributed by atoms with E-state index in [1.807, 2.05) is 30.0 Å². The Kier molecular flexibility index (Phi) is 10.8. The van der Waals surface area contributed by atoms with E-state index in [1.54, 1.807) is 0 Å². The van der Waals surface area contributed by atoms with E-state index < -0.39 is 5.54 Å². The molecule has 1 heterocycles. The molecule has 2 amide bonds. The summed E-state index contributed by atoms with van der Waals surface area (Å²) in [6, 6.07) is 27.2. The van der Waals surface area contributed by atoms with Gasteiger partial charge in [-0.3, -0.25) is 4.90 Å². The minimum atomic E-state index is -1.02. The van der Waals surface area contributed by atoms with Gasteiger partial charge in [-0.1, -0.05) is 91.3 Å². The molecule has 1 saturated heterocycles. The first-order valence-electron chi connectivity index (χ1n) is 14.6. The SMILES string of the molecule is CCC(CO)(CO)NC(=O)N(CCC1CCN(Cc2ccc(C)cc2)CC1)Cc1ccc(-c2ccccc2)cc1. The first-order valence-corrected chi connectivity index (χ1v) is 14.6. The van der Waals surface area contributed by atoms with Crippen molar-refractivity contribution in [1.29, 1.82) is 0 Å². The maximum atomic E-state index is 13.5. The van der Waals surface area contributed by atoms with Crippen LogP contribution in [0.2, 0.25) is 0 Å². The van der Waals surface area contributed by atoms with Crippen LogP contribution in [-0.2, 0) is 13.1 Å². The van der Waals surface area contributed by atoms with E-state index in [0.29, 0.717) is 25.4 Å². The Balaban J connectivity index is 1.37. The number of nitrogens with one attached hydrogen (secondary N) is 1. The predicted octanol–water partition coefficient (Wildman–Crippen LogP) is 5.61. The second kappa shape index (κ2) is 14.4. The number of carbonyl (C=O) groups excluding carboxylic acids is 1. The van der Waals surface area contributed by atoms with Gasteiger partial charge in [0.15, 0.2) is 0 Å². The zero-order valence-corrected chi connectivity index (χ0v) is 24.1. The van der Waals surface area contributed by atoms with Crippen LogP contribution in [0.15, 0.2) is 78.9 Å². The number of carbonyl (C=O) groups is 1. The van der Waals surface area contributed by atoms with Gasteiger partial charge < -0.3 is 20.4 Å². The van der Waals surface area contributed by atoms with Gasteiger partial charge in [-0.2, -0.15) is 0 Å². The summed E-state index contributed by atoms with van der Waals surface area (Å²) in [7, 11) is 0. The van der Waals surface area contributed by atoms with Gasteiger partial charge in [0.05, 0.1) is 18.8 Å². The van der Waals surface area contributed by atoms with Gasteiger partial charge in [0, 0.05) is 19.6 Å². The van der Waals surface area contributed by atoms with Crippen LogP contribution >= 0.6 is 0 Å². The number of benzene rings is 3. The summed E-state index contributed by atoms with van der Waals surface area (Å²) in [4.78, 5) is 17.8. The van der Waals surface area contributed by atoms with Crippen molar-refractivity contribution in [3.05, 3.63) is 95.6 Å². The van der Waals surface area contributed by atoms with E-state index >= 15 is 0 Å². The molecule has 4 rings (SSSR count). The second-order valence-corrected chi connectivity index (χ2v) is 11.4. The van der Waals surface area contributed by atoms with E-state index in [2.05, 4.69) is 77.8 Å². The Morgan fingerprint density at radius 2 is 1.50 bits per heavy atom. The van der Waals surface area contributed by atoms with Crippen molar-refractivity contribution >= 4 is 6.03 Å². The molecule has 0 aromatic heterocycles. The van der Waals surface area contributed by atoms with Crippen LogP contribution in [0.5, 0.6) is 0 Å². The lowest BCUT2D eigenvalue weighted by atomic mass is 9.93. The van der Waals surface area contributed by atoms with Gasteiger partial charge in [0.25, 0.3) is 0 Å². The Morgan fingerprint density at radius 1 is 0.900 bits per heavy atom. The quantitative estimate of drug-likeness (QED) is 0.278. The van der Waals surface area contributed by atoms with Crippen molar-refractivity contribution in [1.82, 2.24) is 15.1 Å². The monoisotopic (exact) mass is 543 g/mol. The minimum Gasteiger partial charge on any atom is -0.394 e. The van der Waals surface area contributed by atoms with E-state index in [-0.39, 0.29) is 19.2 Å². The number of amides is 2. The number of aryl methyl sites for hydroxylation is 1. The molecule has 0 saturated carbocycles. The van der Waals surface area contributed by atoms with E-state index in [0.717, 1.165) is 55.6 Å². The molecule has 3 N–H and O–H groups in total. The molecule has 0 atom stereocenters. The second-order valence-electron chi connectivity index (χ2n) is 11.4. The molecule has 214 valence electrons. The van der Waals surface area contributed by atoms with Gasteiger partial charge in [0.2, 0.25) is 0 Å². The van der Waals surface area contributed by atoms with Crippen molar-refractivity contribution < 1.29 is 15.0 Å². The van der Waals surface area contributed by atoms with Crippen LogP contribution in [0.25, 0.3) is 11.1 Å². The third kappa shape index (κ3) is 8.17. The van der Waals surface area contributed by atoms with Crippen LogP contribution in [0, 0.1) is 12.8 Å². The zero-order valence-electron chi connectivity index (χ0n) is 24.1. The number of rotatable bonds is 12. The van der Waals surface area contributed by atoms with Gasteiger partial charge >= 0.3 is 6.03 Å². The molecule has 6 nitrogen and oxygen atoms in total. The number of urea groups is 1. The van der Waals surface area contributed by atoms with E-state index in [9.17, 15) is 15.0 Å². The summed E-state index contributed by atoms with van der Waals surface area (Å²) >= 11 is 0. The molecular weight excluding hydrogens is 498 g/mol. The largest absolute Gasteiger partial charge is 0.394 e. The predicted molar refractivity (Wildman–Crippen MR) is 162 cm³/mol. The molecule has 0 aliphatic carbocycles. The highest BCUT2D eigenvalue weighted by Gasteiger charge is 2.31. The molecule has 0 radical (unpaired) electrons. The normalized spacial score (nSPS) is 14.7. The van der Waals surface area contributed by atoms with Crippen molar-refractivity contribution in [2.45, 2.75) is 58.2 Å². The highest BCUT2D eigenvalue weighted by Crippen LogP contribution is 2.24. The summed E-state index contributed by atoms with van der Waals surface area (Å²) in [5.74, 6) is 0.566. The lowest BCUT2D eigenvalue weighted by Gasteiger charge is -2.35. The molecule has 1 aliphatic heterocycles. The van der Waals surface area contributed by atoms with Crippen LogP contribution < -0.4 is 5.32 Å². The summed E-state index contributed by atoms with van der Waals surface area (Å²) in [5.41, 5.74) is 4.99. The standard InChI is InChI=1S/C34H45N3O3/c1-3-34(25-38,26-39)35-33(40)37(24-30-13-15-32(16-14-30)31-7-5-4-6-8-31)22-19-28-17-20-36(21-18-28)23-29-11-9-27(2)10-12-29/h4-16,28,38-39H,3,17-26H2,1-2H3,(H,35,40). The molecule has 3 aromatic carbocycles. The smallest absolute Gasteiger partial charge is 0.318 e. The van der Waals surface area contributed by atoms with Crippen LogP contribution in [-0.4, -0.2) is 64.4 Å². The fourth-order valence-corrected chi connectivity index (χ4v) is 5.38. The molecule has 0 bridgehead atoms. The minimum absolute atomic E-state index is 0.242. The van der Waals surface area contributed by atoms with Crippen molar-refractivity contribution in [3.63, 3.8) is 0 Å². The number of hydrogen-bond donors (Lipinski definition) is 3. The number of aliphatic hydroxyl groups excluding tert-OH is 2. The first-order chi connectivity index (χ1) is 19.4. The molecule has 0 spiro atoms. The van der Waals surface area contributed by atoms with Crippen LogP contribution in [0.4, 0.5) is 4.79 Å². The Labute approximate surface area is 239 Å². The molecular formula is C34H45N3O3. The van der Waals surface area contributed by atoms with Crippen LogP contribution in [0.3, 0.4) is 0 Å². The Morgan fingerprint density at radius 3 is 2.10 bits per heavy atom. The van der Waals surface area contributed by atoms with E-state index in [1.165, 1.54) is 11.1 Å². The number of likely N-dealkylation sites (tertiary alicyclic amines) is 1. The van der Waals surface area contributed by atoms with Crippen molar-refractivity contribution in [2.75, 3.05) is 32.8 Å². The topological polar surface area (TPSA) is 76.0 Å². The third-order valence-electron chi connectivity index (χ3n) is 8.42. The first kappa shape index (κ1) is 29.8. The lowest BCUT2D eigenvalue weighted by molar-refractivity contribution is 0.0845. The fraction of sp³-hybridized carbons (Fsp3) is 0.441. The summed E-state index contributed by atoms with van der Waals surface area (Å²) in [6.45, 7) is 7.62. The summed E-state index contributed by atoms with van der Waals surface area (Å²) in [6.07, 6.45) is 3.63. The molecule has 0 unspecified atom stereocenters. The third-order valence-corrected chi connectivity index (χ3v) is 8.42. The number of hydrogen-bond acceptors (Lipinski definition) is 4. The van der Waals surface area contributed by atoms with Gasteiger partial charge in [-0.05, 0) is 73.9 Å². The molecule has 40 heavy (non-hydrogen) atoms. The fourth-order valence-electron chi connectivity index (χ4n) is 5.38. The van der Waals surface area contributed by atoms with Crippen LogP contribution in [0.1, 0.15) is 49.3 Å². The Bertz CT molecular complexity index is 1160. The maximum Gasteiger partial charge on any atom is 0.318 e. The molecule has 1 aliphatic rings. The van der Waals surface area contributed by atoms with Crippen molar-refractivity contribution in [3.8, 4) is 11.1 Å². The highest BCUT2D eigenvalue weighted by molar-refractivity contribution is 5.75.